The van der Waals surface area contributed by atoms with Crippen LogP contribution in [0.4, 0.5) is 19.0 Å². The van der Waals surface area contributed by atoms with E-state index in [0.717, 1.165) is 12.3 Å². The number of carbonyl (C=O) groups is 1. The van der Waals surface area contributed by atoms with Crippen molar-refractivity contribution in [1.29, 1.82) is 0 Å². The lowest BCUT2D eigenvalue weighted by Crippen LogP contribution is -2.35. The van der Waals surface area contributed by atoms with Crippen LogP contribution in [0, 0.1) is 0 Å². The van der Waals surface area contributed by atoms with Crippen molar-refractivity contribution in [2.75, 3.05) is 25.0 Å². The van der Waals surface area contributed by atoms with Crippen LogP contribution in [0.1, 0.15) is 19.4 Å². The summed E-state index contributed by atoms with van der Waals surface area (Å²) in [6.45, 7) is 4.92. The molecule has 0 aliphatic rings. The summed E-state index contributed by atoms with van der Waals surface area (Å²) in [6, 6.07) is 2.13. The molecule has 0 fully saturated rings. The molecule has 4 nitrogen and oxygen atoms in total. The van der Waals surface area contributed by atoms with Crippen molar-refractivity contribution in [3.05, 3.63) is 23.9 Å². The van der Waals surface area contributed by atoms with E-state index in [1.165, 1.54) is 6.07 Å². The fourth-order valence-corrected chi connectivity index (χ4v) is 1.52. The quantitative estimate of drug-likeness (QED) is 0.897. The highest BCUT2D eigenvalue weighted by molar-refractivity contribution is 5.80. The van der Waals surface area contributed by atoms with Crippen LogP contribution >= 0.6 is 0 Å². The van der Waals surface area contributed by atoms with Crippen LogP contribution in [-0.2, 0) is 11.0 Å². The van der Waals surface area contributed by atoms with Gasteiger partial charge >= 0.3 is 6.18 Å². The van der Waals surface area contributed by atoms with Gasteiger partial charge in [0.1, 0.15) is 5.82 Å². The number of carbonyl (C=O) groups excluding carboxylic acids is 1. The Kier molecular flexibility index (Phi) is 5.14. The molecule has 0 atom stereocenters. The monoisotopic (exact) mass is 275 g/mol. The summed E-state index contributed by atoms with van der Waals surface area (Å²) < 4.78 is 36.9. The Balaban J connectivity index is 2.57. The predicted octanol–water partition coefficient (Wildman–Crippen LogP) is 2.38. The minimum Gasteiger partial charge on any atom is -0.361 e. The topological polar surface area (TPSA) is 45.2 Å². The van der Waals surface area contributed by atoms with Crippen LogP contribution in [0.2, 0.25) is 0 Å². The lowest BCUT2D eigenvalue weighted by atomic mass is 10.3. The summed E-state index contributed by atoms with van der Waals surface area (Å²) >= 11 is 0. The molecule has 1 N–H and O–H groups in total. The minimum absolute atomic E-state index is 0.0139. The average molecular weight is 275 g/mol. The lowest BCUT2D eigenvalue weighted by Gasteiger charge is -2.18. The fourth-order valence-electron chi connectivity index (χ4n) is 1.52. The summed E-state index contributed by atoms with van der Waals surface area (Å²) in [5.74, 6) is 0.125. The first-order chi connectivity index (χ1) is 8.88. The molecule has 1 aromatic rings. The van der Waals surface area contributed by atoms with Gasteiger partial charge in [0.05, 0.1) is 12.1 Å². The first-order valence-electron chi connectivity index (χ1n) is 5.93. The number of alkyl halides is 3. The standard InChI is InChI=1S/C12H16F3N3O/c1-3-18(4-2)11(19)8-17-10-6-5-9(7-16-10)12(13,14)15/h5-7H,3-4,8H2,1-2H3,(H,16,17). The highest BCUT2D eigenvalue weighted by atomic mass is 19.4. The maximum absolute atomic E-state index is 12.3. The molecule has 1 aromatic heterocycles. The van der Waals surface area contributed by atoms with Gasteiger partial charge in [0, 0.05) is 19.3 Å². The molecule has 1 rings (SSSR count). The molecule has 0 saturated heterocycles. The van der Waals surface area contributed by atoms with Gasteiger partial charge in [-0.15, -0.1) is 0 Å². The maximum atomic E-state index is 12.3. The molecule has 0 aliphatic carbocycles. The van der Waals surface area contributed by atoms with Gasteiger partial charge in [-0.05, 0) is 26.0 Å². The molecule has 0 spiro atoms. The van der Waals surface area contributed by atoms with E-state index < -0.39 is 11.7 Å². The lowest BCUT2D eigenvalue weighted by molar-refractivity contribution is -0.137. The van der Waals surface area contributed by atoms with E-state index in [1.54, 1.807) is 4.90 Å². The second kappa shape index (κ2) is 6.40. The molecular formula is C12H16F3N3O. The Hall–Kier alpha value is -1.79. The molecular weight excluding hydrogens is 259 g/mol. The van der Waals surface area contributed by atoms with E-state index in [9.17, 15) is 18.0 Å². The number of halogens is 3. The first-order valence-corrected chi connectivity index (χ1v) is 5.93. The van der Waals surface area contributed by atoms with Crippen LogP contribution in [0.3, 0.4) is 0 Å². The molecule has 0 aliphatic heterocycles. The molecule has 1 amide bonds. The second-order valence-electron chi connectivity index (χ2n) is 3.85. The van der Waals surface area contributed by atoms with Crippen molar-refractivity contribution in [3.63, 3.8) is 0 Å². The highest BCUT2D eigenvalue weighted by Gasteiger charge is 2.30. The van der Waals surface area contributed by atoms with Gasteiger partial charge in [-0.1, -0.05) is 0 Å². The third-order valence-electron chi connectivity index (χ3n) is 2.63. The molecule has 0 unspecified atom stereocenters. The number of nitrogens with one attached hydrogen (secondary N) is 1. The molecule has 7 heteroatoms. The normalized spacial score (nSPS) is 11.2. The average Bonchev–Trinajstić information content (AvgIpc) is 2.37. The van der Waals surface area contributed by atoms with Crippen molar-refractivity contribution in [2.45, 2.75) is 20.0 Å². The van der Waals surface area contributed by atoms with Crippen LogP contribution in [0.5, 0.6) is 0 Å². The maximum Gasteiger partial charge on any atom is 0.417 e. The van der Waals surface area contributed by atoms with Gasteiger partial charge in [-0.3, -0.25) is 4.79 Å². The molecule has 19 heavy (non-hydrogen) atoms. The van der Waals surface area contributed by atoms with Crippen molar-refractivity contribution in [1.82, 2.24) is 9.88 Å². The van der Waals surface area contributed by atoms with E-state index in [0.29, 0.717) is 13.1 Å². The number of hydrogen-bond acceptors (Lipinski definition) is 3. The summed E-state index contributed by atoms with van der Waals surface area (Å²) in [5.41, 5.74) is -0.812. The zero-order valence-corrected chi connectivity index (χ0v) is 10.8. The van der Waals surface area contributed by atoms with Gasteiger partial charge in [0.2, 0.25) is 5.91 Å². The van der Waals surface area contributed by atoms with Gasteiger partial charge in [0.25, 0.3) is 0 Å². The van der Waals surface area contributed by atoms with E-state index in [4.69, 9.17) is 0 Å². The predicted molar refractivity (Wildman–Crippen MR) is 65.7 cm³/mol. The second-order valence-corrected chi connectivity index (χ2v) is 3.85. The van der Waals surface area contributed by atoms with Crippen molar-refractivity contribution >= 4 is 11.7 Å². The molecule has 0 radical (unpaired) electrons. The minimum atomic E-state index is -4.40. The SMILES string of the molecule is CCN(CC)C(=O)CNc1ccc(C(F)(F)F)cn1. The van der Waals surface area contributed by atoms with Gasteiger partial charge < -0.3 is 10.2 Å². The summed E-state index contributed by atoms with van der Waals surface area (Å²) in [4.78, 5) is 16.9. The van der Waals surface area contributed by atoms with Crippen LogP contribution in [-0.4, -0.2) is 35.4 Å². The summed E-state index contributed by atoms with van der Waals surface area (Å²) in [7, 11) is 0. The van der Waals surface area contributed by atoms with Crippen LogP contribution in [0.25, 0.3) is 0 Å². The third-order valence-corrected chi connectivity index (χ3v) is 2.63. The van der Waals surface area contributed by atoms with E-state index >= 15 is 0 Å². The Morgan fingerprint density at radius 3 is 2.37 bits per heavy atom. The number of hydrogen-bond donors (Lipinski definition) is 1. The van der Waals surface area contributed by atoms with Crippen molar-refractivity contribution in [2.24, 2.45) is 0 Å². The summed E-state index contributed by atoms with van der Waals surface area (Å²) in [6.07, 6.45) is -3.66. The van der Waals surface area contributed by atoms with E-state index in [-0.39, 0.29) is 18.3 Å². The van der Waals surface area contributed by atoms with Gasteiger partial charge in [0.15, 0.2) is 0 Å². The van der Waals surface area contributed by atoms with Crippen LogP contribution < -0.4 is 5.32 Å². The number of likely N-dealkylation sites (N-methyl/N-ethyl adjacent to an activating group) is 1. The van der Waals surface area contributed by atoms with E-state index in [2.05, 4.69) is 10.3 Å². The van der Waals surface area contributed by atoms with Crippen LogP contribution in [0.15, 0.2) is 18.3 Å². The molecule has 0 aromatic carbocycles. The van der Waals surface area contributed by atoms with Crippen molar-refractivity contribution in [3.8, 4) is 0 Å². The number of pyridine rings is 1. The largest absolute Gasteiger partial charge is 0.417 e. The number of aromatic nitrogens is 1. The zero-order valence-electron chi connectivity index (χ0n) is 10.8. The zero-order chi connectivity index (χ0) is 14.5. The molecule has 0 bridgehead atoms. The van der Waals surface area contributed by atoms with Gasteiger partial charge in [-0.25, -0.2) is 4.98 Å². The fraction of sp³-hybridized carbons (Fsp3) is 0.500. The number of rotatable bonds is 5. The number of amides is 1. The Bertz CT molecular complexity index is 413. The Morgan fingerprint density at radius 2 is 1.95 bits per heavy atom. The third kappa shape index (κ3) is 4.42. The number of nitrogens with zero attached hydrogens (tertiary/aromatic N) is 2. The first kappa shape index (κ1) is 15.3. The van der Waals surface area contributed by atoms with Crippen molar-refractivity contribution < 1.29 is 18.0 Å². The Labute approximate surface area is 109 Å². The molecule has 106 valence electrons. The smallest absolute Gasteiger partial charge is 0.361 e. The van der Waals surface area contributed by atoms with Gasteiger partial charge in [-0.2, -0.15) is 13.2 Å². The molecule has 0 saturated carbocycles. The molecule has 1 heterocycles. The number of anilines is 1. The summed E-state index contributed by atoms with van der Waals surface area (Å²) in [5, 5.41) is 2.70. The highest BCUT2D eigenvalue weighted by Crippen LogP contribution is 2.28. The van der Waals surface area contributed by atoms with E-state index in [1.807, 2.05) is 13.8 Å². The Morgan fingerprint density at radius 1 is 1.32 bits per heavy atom.